The topological polar surface area (TPSA) is 0 Å². The summed E-state index contributed by atoms with van der Waals surface area (Å²) in [5.74, 6) is 0.698. The number of halogens is 1. The maximum absolute atomic E-state index is 13.4. The van der Waals surface area contributed by atoms with E-state index in [9.17, 15) is 4.39 Å². The highest BCUT2D eigenvalue weighted by Gasteiger charge is 2.51. The minimum atomic E-state index is -0.945. The molecule has 2 atom stereocenters. The number of benzene rings is 1. The summed E-state index contributed by atoms with van der Waals surface area (Å²) < 4.78 is 13.4. The van der Waals surface area contributed by atoms with Gasteiger partial charge in [-0.2, -0.15) is 0 Å². The molecule has 0 aliphatic heterocycles. The zero-order chi connectivity index (χ0) is 10.3. The van der Waals surface area contributed by atoms with Crippen molar-refractivity contribution in [3.63, 3.8) is 0 Å². The molecular formula is C13H17F. The van der Waals surface area contributed by atoms with Crippen molar-refractivity contribution >= 4 is 0 Å². The predicted octanol–water partition coefficient (Wildman–Crippen LogP) is 4.03. The van der Waals surface area contributed by atoms with E-state index >= 15 is 0 Å². The molecule has 76 valence electrons. The van der Waals surface area contributed by atoms with E-state index in [-0.39, 0.29) is 5.92 Å². The van der Waals surface area contributed by atoms with E-state index in [2.05, 4.69) is 38.1 Å². The van der Waals surface area contributed by atoms with Gasteiger partial charge in [0.2, 0.25) is 0 Å². The van der Waals surface area contributed by atoms with Crippen LogP contribution in [0.3, 0.4) is 0 Å². The first-order valence-corrected chi connectivity index (χ1v) is 5.29. The van der Waals surface area contributed by atoms with Gasteiger partial charge < -0.3 is 0 Å². The molecule has 1 heteroatoms. The summed E-state index contributed by atoms with van der Waals surface area (Å²) in [5, 5.41) is 0. The summed E-state index contributed by atoms with van der Waals surface area (Å²) >= 11 is 0. The summed E-state index contributed by atoms with van der Waals surface area (Å²) in [6.07, 6.45) is 0.689. The lowest BCUT2D eigenvalue weighted by atomic mass is 10.00. The molecule has 0 saturated heterocycles. The lowest BCUT2D eigenvalue weighted by Crippen LogP contribution is -1.95. The lowest BCUT2D eigenvalue weighted by Gasteiger charge is -2.06. The third-order valence-electron chi connectivity index (χ3n) is 3.18. The van der Waals surface area contributed by atoms with Crippen LogP contribution in [0.1, 0.15) is 50.2 Å². The van der Waals surface area contributed by atoms with Gasteiger partial charge in [-0.3, -0.25) is 0 Å². The zero-order valence-electron chi connectivity index (χ0n) is 9.05. The van der Waals surface area contributed by atoms with Gasteiger partial charge in [0.1, 0.15) is 5.67 Å². The molecule has 0 radical (unpaired) electrons. The average molecular weight is 192 g/mol. The van der Waals surface area contributed by atoms with Crippen LogP contribution in [0, 0.1) is 0 Å². The molecule has 2 unspecified atom stereocenters. The van der Waals surface area contributed by atoms with E-state index < -0.39 is 5.67 Å². The lowest BCUT2D eigenvalue weighted by molar-refractivity contribution is 0.328. The highest BCUT2D eigenvalue weighted by atomic mass is 19.1. The van der Waals surface area contributed by atoms with Crippen molar-refractivity contribution in [2.75, 3.05) is 0 Å². The minimum Gasteiger partial charge on any atom is -0.243 e. The Bertz CT molecular complexity index is 322. The molecule has 0 bridgehead atoms. The molecule has 0 heterocycles. The summed E-state index contributed by atoms with van der Waals surface area (Å²) in [4.78, 5) is 0. The fraction of sp³-hybridized carbons (Fsp3) is 0.538. The Labute approximate surface area is 85.1 Å². The molecule has 0 amide bonds. The number of rotatable bonds is 2. The first kappa shape index (κ1) is 9.70. The van der Waals surface area contributed by atoms with Crippen LogP contribution in [0.25, 0.3) is 0 Å². The summed E-state index contributed by atoms with van der Waals surface area (Å²) in [6.45, 7) is 6.03. The van der Waals surface area contributed by atoms with Crippen molar-refractivity contribution in [3.8, 4) is 0 Å². The highest BCUT2D eigenvalue weighted by Crippen LogP contribution is 2.54. The first-order valence-electron chi connectivity index (χ1n) is 5.29. The van der Waals surface area contributed by atoms with E-state index in [0.717, 1.165) is 5.56 Å². The van der Waals surface area contributed by atoms with Gasteiger partial charge in [0.05, 0.1) is 0 Å². The molecule has 1 aromatic rings. The van der Waals surface area contributed by atoms with Crippen LogP contribution in [0.2, 0.25) is 0 Å². The van der Waals surface area contributed by atoms with Crippen LogP contribution in [-0.4, -0.2) is 5.67 Å². The molecule has 0 nitrogen and oxygen atoms in total. The highest BCUT2D eigenvalue weighted by molar-refractivity contribution is 5.33. The van der Waals surface area contributed by atoms with E-state index in [1.54, 1.807) is 6.92 Å². The Morgan fingerprint density at radius 3 is 2.14 bits per heavy atom. The van der Waals surface area contributed by atoms with E-state index in [1.807, 2.05) is 0 Å². The average Bonchev–Trinajstić information content (AvgIpc) is 2.75. The fourth-order valence-corrected chi connectivity index (χ4v) is 1.92. The van der Waals surface area contributed by atoms with Crippen molar-refractivity contribution in [2.24, 2.45) is 0 Å². The number of hydrogen-bond acceptors (Lipinski definition) is 0. The number of alkyl halides is 1. The second kappa shape index (κ2) is 3.08. The van der Waals surface area contributed by atoms with Crippen molar-refractivity contribution in [2.45, 2.75) is 44.7 Å². The molecular weight excluding hydrogens is 175 g/mol. The maximum Gasteiger partial charge on any atom is 0.115 e. The molecule has 1 fully saturated rings. The third kappa shape index (κ3) is 1.68. The largest absolute Gasteiger partial charge is 0.243 e. The van der Waals surface area contributed by atoms with Gasteiger partial charge in [-0.25, -0.2) is 4.39 Å². The number of hydrogen-bond donors (Lipinski definition) is 0. The van der Waals surface area contributed by atoms with E-state index in [0.29, 0.717) is 12.3 Å². The van der Waals surface area contributed by atoms with Gasteiger partial charge >= 0.3 is 0 Å². The second-order valence-corrected chi connectivity index (χ2v) is 4.86. The zero-order valence-corrected chi connectivity index (χ0v) is 9.05. The van der Waals surface area contributed by atoms with Gasteiger partial charge in [0.15, 0.2) is 0 Å². The van der Waals surface area contributed by atoms with Gasteiger partial charge in [-0.15, -0.1) is 0 Å². The fourth-order valence-electron chi connectivity index (χ4n) is 1.92. The third-order valence-corrected chi connectivity index (χ3v) is 3.18. The monoisotopic (exact) mass is 192 g/mol. The van der Waals surface area contributed by atoms with E-state index in [1.165, 1.54) is 5.56 Å². The molecule has 1 aromatic carbocycles. The van der Waals surface area contributed by atoms with Gasteiger partial charge in [-0.05, 0) is 30.4 Å². The Morgan fingerprint density at radius 2 is 1.79 bits per heavy atom. The molecule has 0 N–H and O–H groups in total. The quantitative estimate of drug-likeness (QED) is 0.663. The van der Waals surface area contributed by atoms with Crippen molar-refractivity contribution < 1.29 is 4.39 Å². The van der Waals surface area contributed by atoms with Crippen LogP contribution in [-0.2, 0) is 0 Å². The van der Waals surface area contributed by atoms with Gasteiger partial charge in [0.25, 0.3) is 0 Å². The van der Waals surface area contributed by atoms with Crippen molar-refractivity contribution in [1.82, 2.24) is 0 Å². The van der Waals surface area contributed by atoms with Gasteiger partial charge in [0, 0.05) is 5.92 Å². The smallest absolute Gasteiger partial charge is 0.115 e. The SMILES string of the molecule is CC(C)c1ccc(C2CC2(C)F)cc1. The van der Waals surface area contributed by atoms with Crippen LogP contribution in [0.4, 0.5) is 4.39 Å². The van der Waals surface area contributed by atoms with Crippen LogP contribution in [0.15, 0.2) is 24.3 Å². The molecule has 14 heavy (non-hydrogen) atoms. The molecule has 2 rings (SSSR count). The molecule has 1 aliphatic carbocycles. The van der Waals surface area contributed by atoms with Crippen molar-refractivity contribution in [1.29, 1.82) is 0 Å². The maximum atomic E-state index is 13.4. The van der Waals surface area contributed by atoms with Gasteiger partial charge in [-0.1, -0.05) is 38.1 Å². The molecule has 0 aromatic heterocycles. The second-order valence-electron chi connectivity index (χ2n) is 4.86. The van der Waals surface area contributed by atoms with Crippen LogP contribution < -0.4 is 0 Å². The first-order chi connectivity index (χ1) is 6.50. The Kier molecular flexibility index (Phi) is 2.13. The standard InChI is InChI=1S/C13H17F/c1-9(2)10-4-6-11(7-5-10)12-8-13(12,3)14/h4-7,9,12H,8H2,1-3H3. The van der Waals surface area contributed by atoms with E-state index in [4.69, 9.17) is 0 Å². The predicted molar refractivity (Wildman–Crippen MR) is 57.4 cm³/mol. The van der Waals surface area contributed by atoms with Crippen molar-refractivity contribution in [3.05, 3.63) is 35.4 Å². The minimum absolute atomic E-state index is 0.142. The molecule has 1 saturated carbocycles. The molecule has 0 spiro atoms. The Balaban J connectivity index is 2.16. The van der Waals surface area contributed by atoms with Crippen LogP contribution in [0.5, 0.6) is 0 Å². The summed E-state index contributed by atoms with van der Waals surface area (Å²) in [5.41, 5.74) is 1.54. The Morgan fingerprint density at radius 1 is 1.29 bits per heavy atom. The van der Waals surface area contributed by atoms with Crippen LogP contribution >= 0.6 is 0 Å². The summed E-state index contributed by atoms with van der Waals surface area (Å²) in [7, 11) is 0. The summed E-state index contributed by atoms with van der Waals surface area (Å²) in [6, 6.07) is 8.39. The molecule has 1 aliphatic rings. The Hall–Kier alpha value is -0.850. The normalized spacial score (nSPS) is 30.8.